The minimum atomic E-state index is -1.10. The number of phenolic OH excluding ortho intramolecular Hbond substituents is 4. The zero-order valence-electron chi connectivity index (χ0n) is 15.0. The average Bonchev–Trinajstić information content (AvgIpc) is 2.53. The first-order valence-corrected chi connectivity index (χ1v) is 7.94. The third-order valence-corrected chi connectivity index (χ3v) is 3.64. The number of phenols is 4. The van der Waals surface area contributed by atoms with E-state index in [1.165, 1.54) is 24.3 Å². The molecule has 0 spiro atoms. The number of aromatic hydroxyl groups is 4. The lowest BCUT2D eigenvalue weighted by atomic mass is 9.86. The second kappa shape index (κ2) is 8.44. The van der Waals surface area contributed by atoms with E-state index in [2.05, 4.69) is 0 Å². The van der Waals surface area contributed by atoms with Crippen molar-refractivity contribution in [3.05, 3.63) is 47.5 Å². The predicted molar refractivity (Wildman–Crippen MR) is 97.6 cm³/mol. The van der Waals surface area contributed by atoms with E-state index < -0.39 is 12.0 Å². The molecule has 0 radical (unpaired) electrons. The molecule has 2 aromatic rings. The number of para-hydroxylation sites is 1. The minimum Gasteiger partial charge on any atom is -0.504 e. The second-order valence-corrected chi connectivity index (χ2v) is 6.90. The van der Waals surface area contributed by atoms with Gasteiger partial charge < -0.3 is 31.3 Å². The minimum absolute atomic E-state index is 0.00926. The van der Waals surface area contributed by atoms with Crippen LogP contribution in [-0.2, 0) is 16.6 Å². The van der Waals surface area contributed by atoms with Gasteiger partial charge in [0.1, 0.15) is 6.04 Å². The van der Waals surface area contributed by atoms with Gasteiger partial charge in [0, 0.05) is 5.56 Å². The lowest BCUT2D eigenvalue weighted by Crippen LogP contribution is -2.32. The molecule has 2 aromatic carbocycles. The van der Waals surface area contributed by atoms with Crippen molar-refractivity contribution in [1.29, 1.82) is 0 Å². The number of rotatable bonds is 3. The van der Waals surface area contributed by atoms with Crippen LogP contribution in [-0.4, -0.2) is 37.5 Å². The molecule has 0 aromatic heterocycles. The molecule has 0 fully saturated rings. The van der Waals surface area contributed by atoms with Crippen LogP contribution in [0.15, 0.2) is 36.4 Å². The lowest BCUT2D eigenvalue weighted by molar-refractivity contribution is -0.138. The van der Waals surface area contributed by atoms with Crippen molar-refractivity contribution in [2.45, 2.75) is 38.6 Å². The van der Waals surface area contributed by atoms with Crippen molar-refractivity contribution in [2.24, 2.45) is 5.73 Å². The summed E-state index contributed by atoms with van der Waals surface area (Å²) in [6, 6.07) is 8.11. The van der Waals surface area contributed by atoms with Crippen LogP contribution in [0.1, 0.15) is 31.9 Å². The van der Waals surface area contributed by atoms with E-state index in [-0.39, 0.29) is 34.8 Å². The van der Waals surface area contributed by atoms with Crippen molar-refractivity contribution in [2.75, 3.05) is 0 Å². The quantitative estimate of drug-likeness (QED) is 0.459. The van der Waals surface area contributed by atoms with Crippen LogP contribution >= 0.6 is 0 Å². The maximum Gasteiger partial charge on any atom is 0.320 e. The second-order valence-electron chi connectivity index (χ2n) is 6.90. The van der Waals surface area contributed by atoms with Gasteiger partial charge in [0.05, 0.1) is 0 Å². The number of hydrogen-bond acceptors (Lipinski definition) is 6. The smallest absolute Gasteiger partial charge is 0.320 e. The van der Waals surface area contributed by atoms with Gasteiger partial charge in [-0.15, -0.1) is 0 Å². The number of benzene rings is 2. The molecular formula is C19H25NO6. The summed E-state index contributed by atoms with van der Waals surface area (Å²) >= 11 is 0. The first kappa shape index (κ1) is 21.1. The highest BCUT2D eigenvalue weighted by Crippen LogP contribution is 2.36. The molecule has 7 N–H and O–H groups in total. The first-order chi connectivity index (χ1) is 11.9. The Morgan fingerprint density at radius 1 is 1.00 bits per heavy atom. The maximum absolute atomic E-state index is 10.4. The molecule has 0 saturated carbocycles. The summed E-state index contributed by atoms with van der Waals surface area (Å²) in [5, 5.41) is 45.3. The maximum atomic E-state index is 10.4. The third-order valence-electron chi connectivity index (χ3n) is 3.64. The third kappa shape index (κ3) is 5.86. The van der Waals surface area contributed by atoms with Gasteiger partial charge in [0.15, 0.2) is 23.0 Å². The summed E-state index contributed by atoms with van der Waals surface area (Å²) in [6.45, 7) is 5.96. The molecule has 0 amide bonds. The van der Waals surface area contributed by atoms with Gasteiger partial charge in [0.2, 0.25) is 0 Å². The standard InChI is InChI=1S/C10H14O2.C9H11NO4/c1-10(2,3)7-5-4-6-8(11)9(7)12;10-6(9(13)14)3-5-1-2-7(11)8(12)4-5/h4-6,11-12H,1-3H3;1-2,4,6,11-12H,3,10H2,(H,13,14). The molecule has 0 aliphatic rings. The molecular weight excluding hydrogens is 338 g/mol. The zero-order chi connectivity index (χ0) is 20.1. The topological polar surface area (TPSA) is 144 Å². The highest BCUT2D eigenvalue weighted by Gasteiger charge is 2.19. The van der Waals surface area contributed by atoms with Crippen molar-refractivity contribution in [3.8, 4) is 23.0 Å². The van der Waals surface area contributed by atoms with Gasteiger partial charge in [0.25, 0.3) is 0 Å². The van der Waals surface area contributed by atoms with E-state index in [0.29, 0.717) is 5.56 Å². The first-order valence-electron chi connectivity index (χ1n) is 7.94. The Labute approximate surface area is 152 Å². The molecule has 7 nitrogen and oxygen atoms in total. The van der Waals surface area contributed by atoms with Crippen LogP contribution in [0.3, 0.4) is 0 Å². The number of carboxylic acids is 1. The van der Waals surface area contributed by atoms with Gasteiger partial charge >= 0.3 is 5.97 Å². The van der Waals surface area contributed by atoms with E-state index in [0.717, 1.165) is 5.56 Å². The van der Waals surface area contributed by atoms with Crippen LogP contribution in [0, 0.1) is 0 Å². The molecule has 0 bridgehead atoms. The van der Waals surface area contributed by atoms with Gasteiger partial charge in [-0.25, -0.2) is 0 Å². The van der Waals surface area contributed by atoms with Crippen LogP contribution in [0.5, 0.6) is 23.0 Å². The fraction of sp³-hybridized carbons (Fsp3) is 0.316. The van der Waals surface area contributed by atoms with Crippen LogP contribution in [0.4, 0.5) is 0 Å². The summed E-state index contributed by atoms with van der Waals surface area (Å²) in [5.74, 6) is -1.68. The van der Waals surface area contributed by atoms with Crippen molar-refractivity contribution in [3.63, 3.8) is 0 Å². The Hall–Kier alpha value is -2.93. The molecule has 0 aliphatic carbocycles. The number of carbonyl (C=O) groups is 1. The molecule has 0 aliphatic heterocycles. The van der Waals surface area contributed by atoms with Gasteiger partial charge in [-0.1, -0.05) is 39.0 Å². The number of carboxylic acid groups (broad SMARTS) is 1. The molecule has 142 valence electrons. The van der Waals surface area contributed by atoms with Gasteiger partial charge in [-0.05, 0) is 35.6 Å². The number of hydrogen-bond donors (Lipinski definition) is 6. The van der Waals surface area contributed by atoms with Gasteiger partial charge in [-0.2, -0.15) is 0 Å². The molecule has 7 heteroatoms. The monoisotopic (exact) mass is 363 g/mol. The highest BCUT2D eigenvalue weighted by molar-refractivity contribution is 5.73. The van der Waals surface area contributed by atoms with E-state index in [4.69, 9.17) is 21.1 Å². The summed E-state index contributed by atoms with van der Waals surface area (Å²) in [7, 11) is 0. The Kier molecular flexibility index (Phi) is 6.85. The molecule has 1 atom stereocenters. The van der Waals surface area contributed by atoms with E-state index >= 15 is 0 Å². The molecule has 1 unspecified atom stereocenters. The Bertz CT molecular complexity index is 767. The molecule has 2 rings (SSSR count). The fourth-order valence-corrected chi connectivity index (χ4v) is 2.17. The predicted octanol–water partition coefficient (Wildman–Crippen LogP) is 2.45. The summed E-state index contributed by atoms with van der Waals surface area (Å²) < 4.78 is 0. The normalized spacial score (nSPS) is 12.0. The Morgan fingerprint density at radius 2 is 1.62 bits per heavy atom. The van der Waals surface area contributed by atoms with Gasteiger partial charge in [-0.3, -0.25) is 4.79 Å². The van der Waals surface area contributed by atoms with E-state index in [9.17, 15) is 15.0 Å². The van der Waals surface area contributed by atoms with Crippen molar-refractivity contribution in [1.82, 2.24) is 0 Å². The summed E-state index contributed by atoms with van der Waals surface area (Å²) in [4.78, 5) is 10.4. The lowest BCUT2D eigenvalue weighted by Gasteiger charge is -2.20. The largest absolute Gasteiger partial charge is 0.504 e. The number of nitrogens with two attached hydrogens (primary N) is 1. The molecule has 0 heterocycles. The van der Waals surface area contributed by atoms with Crippen molar-refractivity contribution >= 4 is 5.97 Å². The molecule has 26 heavy (non-hydrogen) atoms. The number of aliphatic carboxylic acids is 1. The Balaban J connectivity index is 0.000000263. The van der Waals surface area contributed by atoms with Crippen LogP contribution in [0.2, 0.25) is 0 Å². The summed E-state index contributed by atoms with van der Waals surface area (Å²) in [5.41, 5.74) is 6.49. The highest BCUT2D eigenvalue weighted by atomic mass is 16.4. The SMILES string of the molecule is CC(C)(C)c1cccc(O)c1O.NC(Cc1ccc(O)c(O)c1)C(=O)O. The van der Waals surface area contributed by atoms with E-state index in [1.807, 2.05) is 26.8 Å². The Morgan fingerprint density at radius 3 is 2.08 bits per heavy atom. The van der Waals surface area contributed by atoms with E-state index in [1.54, 1.807) is 6.07 Å². The zero-order valence-corrected chi connectivity index (χ0v) is 15.0. The fourth-order valence-electron chi connectivity index (χ4n) is 2.17. The average molecular weight is 363 g/mol. The molecule has 0 saturated heterocycles. The van der Waals surface area contributed by atoms with Crippen LogP contribution in [0.25, 0.3) is 0 Å². The van der Waals surface area contributed by atoms with Crippen LogP contribution < -0.4 is 5.73 Å². The van der Waals surface area contributed by atoms with Crippen molar-refractivity contribution < 1.29 is 30.3 Å². The summed E-state index contributed by atoms with van der Waals surface area (Å²) in [6.07, 6.45) is 0.114.